The molecule has 0 unspecified atom stereocenters. The summed E-state index contributed by atoms with van der Waals surface area (Å²) in [5.74, 6) is 1.84. The molecule has 9 nitrogen and oxygen atoms in total. The first-order chi connectivity index (χ1) is 13.6. The maximum Gasteiger partial charge on any atom is 0.274 e. The number of aryl methyl sites for hydroxylation is 1. The molecule has 0 radical (unpaired) electrons. The van der Waals surface area contributed by atoms with Crippen LogP contribution >= 0.6 is 0 Å². The second kappa shape index (κ2) is 8.05. The number of amides is 1. The normalized spacial score (nSPS) is 18.4. The summed E-state index contributed by atoms with van der Waals surface area (Å²) in [6, 6.07) is 2.06. The summed E-state index contributed by atoms with van der Waals surface area (Å²) in [4.78, 5) is 38.6. The molecule has 28 heavy (non-hydrogen) atoms. The van der Waals surface area contributed by atoms with Crippen LogP contribution in [0.25, 0.3) is 0 Å². The fourth-order valence-corrected chi connectivity index (χ4v) is 3.52. The standard InChI is InChI=1S/C19H26N8O/c1-15-12-21-16(13-20-15)19(28)27-9-7-26(8-10-27)18-11-17(22-14-23-18)25-5-3-24(2)4-6-25/h11-14H,3-10H2,1-2H3. The minimum absolute atomic E-state index is 0.0621. The molecule has 0 aliphatic carbocycles. The molecule has 4 heterocycles. The number of likely N-dealkylation sites (N-methyl/N-ethyl adjacent to an activating group) is 1. The van der Waals surface area contributed by atoms with Gasteiger partial charge in [0.15, 0.2) is 0 Å². The van der Waals surface area contributed by atoms with Crippen LogP contribution in [-0.4, -0.2) is 95.0 Å². The Kier molecular flexibility index (Phi) is 5.34. The van der Waals surface area contributed by atoms with Gasteiger partial charge in [-0.1, -0.05) is 0 Å². The van der Waals surface area contributed by atoms with Crippen molar-refractivity contribution in [2.75, 3.05) is 69.2 Å². The molecule has 0 aromatic carbocycles. The fourth-order valence-electron chi connectivity index (χ4n) is 3.52. The van der Waals surface area contributed by atoms with Crippen LogP contribution < -0.4 is 9.80 Å². The highest BCUT2D eigenvalue weighted by atomic mass is 16.2. The SMILES string of the molecule is Cc1cnc(C(=O)N2CCN(c3cc(N4CCN(C)CC4)ncn3)CC2)cn1. The van der Waals surface area contributed by atoms with E-state index >= 15 is 0 Å². The van der Waals surface area contributed by atoms with Crippen molar-refractivity contribution in [1.29, 1.82) is 0 Å². The summed E-state index contributed by atoms with van der Waals surface area (Å²) in [5, 5.41) is 0. The Morgan fingerprint density at radius 2 is 1.43 bits per heavy atom. The molecule has 2 fully saturated rings. The summed E-state index contributed by atoms with van der Waals surface area (Å²) < 4.78 is 0. The molecule has 1 amide bonds. The molecule has 0 N–H and O–H groups in total. The predicted molar refractivity (Wildman–Crippen MR) is 107 cm³/mol. The van der Waals surface area contributed by atoms with E-state index in [4.69, 9.17) is 0 Å². The molecule has 148 valence electrons. The zero-order valence-corrected chi connectivity index (χ0v) is 16.5. The molecule has 0 saturated carbocycles. The smallest absolute Gasteiger partial charge is 0.274 e. The highest BCUT2D eigenvalue weighted by molar-refractivity contribution is 5.92. The first-order valence-electron chi connectivity index (χ1n) is 9.68. The molecule has 2 aromatic rings. The van der Waals surface area contributed by atoms with Crippen molar-refractivity contribution in [2.45, 2.75) is 6.92 Å². The zero-order valence-electron chi connectivity index (χ0n) is 16.5. The Hall–Kier alpha value is -2.81. The first-order valence-corrected chi connectivity index (χ1v) is 9.68. The molecular formula is C19H26N8O. The van der Waals surface area contributed by atoms with Crippen LogP contribution in [0.1, 0.15) is 16.2 Å². The second-order valence-electron chi connectivity index (χ2n) is 7.35. The van der Waals surface area contributed by atoms with Gasteiger partial charge in [0.05, 0.1) is 11.9 Å². The van der Waals surface area contributed by atoms with Crippen molar-refractivity contribution < 1.29 is 4.79 Å². The average molecular weight is 382 g/mol. The van der Waals surface area contributed by atoms with E-state index < -0.39 is 0 Å². The van der Waals surface area contributed by atoms with E-state index in [1.54, 1.807) is 18.7 Å². The van der Waals surface area contributed by atoms with Crippen LogP contribution in [0.4, 0.5) is 11.6 Å². The van der Waals surface area contributed by atoms with Gasteiger partial charge in [-0.2, -0.15) is 0 Å². The van der Waals surface area contributed by atoms with E-state index in [0.717, 1.165) is 56.6 Å². The lowest BCUT2D eigenvalue weighted by atomic mass is 10.2. The van der Waals surface area contributed by atoms with Gasteiger partial charge in [-0.25, -0.2) is 15.0 Å². The highest BCUT2D eigenvalue weighted by Gasteiger charge is 2.24. The predicted octanol–water partition coefficient (Wildman–Crippen LogP) is 0.289. The molecule has 0 spiro atoms. The van der Waals surface area contributed by atoms with Crippen molar-refractivity contribution in [3.05, 3.63) is 36.2 Å². The first kappa shape index (κ1) is 18.5. The molecular weight excluding hydrogens is 356 g/mol. The van der Waals surface area contributed by atoms with Crippen LogP contribution in [0.3, 0.4) is 0 Å². The van der Waals surface area contributed by atoms with Crippen LogP contribution in [0.5, 0.6) is 0 Å². The van der Waals surface area contributed by atoms with Crippen LogP contribution in [0, 0.1) is 6.92 Å². The third kappa shape index (κ3) is 4.04. The van der Waals surface area contributed by atoms with E-state index in [1.807, 2.05) is 11.8 Å². The minimum atomic E-state index is -0.0621. The van der Waals surface area contributed by atoms with E-state index in [1.165, 1.54) is 0 Å². The number of hydrogen-bond acceptors (Lipinski definition) is 8. The lowest BCUT2D eigenvalue weighted by Gasteiger charge is -2.36. The fraction of sp³-hybridized carbons (Fsp3) is 0.526. The summed E-state index contributed by atoms with van der Waals surface area (Å²) in [6.07, 6.45) is 4.82. The molecule has 4 rings (SSSR count). The van der Waals surface area contributed by atoms with Gasteiger partial charge in [-0.15, -0.1) is 0 Å². The quantitative estimate of drug-likeness (QED) is 0.749. The Morgan fingerprint density at radius 3 is 2.00 bits per heavy atom. The van der Waals surface area contributed by atoms with E-state index in [9.17, 15) is 4.79 Å². The molecule has 2 aliphatic heterocycles. The van der Waals surface area contributed by atoms with E-state index in [0.29, 0.717) is 18.8 Å². The Morgan fingerprint density at radius 1 is 0.821 bits per heavy atom. The number of piperazine rings is 2. The van der Waals surface area contributed by atoms with Gasteiger partial charge in [0, 0.05) is 64.6 Å². The van der Waals surface area contributed by atoms with E-state index in [-0.39, 0.29) is 5.91 Å². The van der Waals surface area contributed by atoms with E-state index in [2.05, 4.69) is 47.7 Å². The lowest BCUT2D eigenvalue weighted by Crippen LogP contribution is -2.49. The lowest BCUT2D eigenvalue weighted by molar-refractivity contribution is 0.0740. The molecule has 9 heteroatoms. The third-order valence-electron chi connectivity index (χ3n) is 5.36. The number of rotatable bonds is 3. The average Bonchev–Trinajstić information content (AvgIpc) is 2.74. The van der Waals surface area contributed by atoms with Crippen LogP contribution in [0.2, 0.25) is 0 Å². The Balaban J connectivity index is 1.38. The Bertz CT molecular complexity index is 811. The summed E-state index contributed by atoms with van der Waals surface area (Å²) in [6.45, 7) is 8.67. The third-order valence-corrected chi connectivity index (χ3v) is 5.36. The molecule has 0 bridgehead atoms. The molecule has 0 atom stereocenters. The summed E-state index contributed by atoms with van der Waals surface area (Å²) >= 11 is 0. The zero-order chi connectivity index (χ0) is 19.5. The van der Waals surface area contributed by atoms with Crippen molar-refractivity contribution in [3.63, 3.8) is 0 Å². The maximum absolute atomic E-state index is 12.6. The van der Waals surface area contributed by atoms with Crippen molar-refractivity contribution in [2.24, 2.45) is 0 Å². The van der Waals surface area contributed by atoms with Crippen molar-refractivity contribution >= 4 is 17.5 Å². The largest absolute Gasteiger partial charge is 0.354 e. The van der Waals surface area contributed by atoms with Crippen LogP contribution in [-0.2, 0) is 0 Å². The topological polar surface area (TPSA) is 81.6 Å². The maximum atomic E-state index is 12.6. The second-order valence-corrected chi connectivity index (χ2v) is 7.35. The van der Waals surface area contributed by atoms with Gasteiger partial charge in [0.2, 0.25) is 0 Å². The number of carbonyl (C=O) groups excluding carboxylic acids is 1. The number of hydrogen-bond donors (Lipinski definition) is 0. The summed E-state index contributed by atoms with van der Waals surface area (Å²) in [5.41, 5.74) is 1.21. The van der Waals surface area contributed by atoms with Gasteiger partial charge in [-0.05, 0) is 14.0 Å². The monoisotopic (exact) mass is 382 g/mol. The van der Waals surface area contributed by atoms with Gasteiger partial charge >= 0.3 is 0 Å². The minimum Gasteiger partial charge on any atom is -0.354 e. The number of aromatic nitrogens is 4. The molecule has 2 saturated heterocycles. The molecule has 2 aromatic heterocycles. The number of nitrogens with zero attached hydrogens (tertiary/aromatic N) is 8. The van der Waals surface area contributed by atoms with Gasteiger partial charge in [-0.3, -0.25) is 9.78 Å². The van der Waals surface area contributed by atoms with Crippen molar-refractivity contribution in [1.82, 2.24) is 29.7 Å². The van der Waals surface area contributed by atoms with Gasteiger partial charge < -0.3 is 19.6 Å². The van der Waals surface area contributed by atoms with Gasteiger partial charge in [0.25, 0.3) is 5.91 Å². The number of anilines is 2. The molecule has 2 aliphatic rings. The Labute approximate surface area is 165 Å². The van der Waals surface area contributed by atoms with Crippen LogP contribution in [0.15, 0.2) is 24.8 Å². The highest BCUT2D eigenvalue weighted by Crippen LogP contribution is 2.20. The summed E-state index contributed by atoms with van der Waals surface area (Å²) in [7, 11) is 2.14. The van der Waals surface area contributed by atoms with Crippen molar-refractivity contribution in [3.8, 4) is 0 Å². The van der Waals surface area contributed by atoms with Gasteiger partial charge in [0.1, 0.15) is 23.7 Å². The number of carbonyl (C=O) groups is 1.